The SMILES string of the molecule is COc1cccc(-c2noc(COc3nc(N4CCCC4)nc(C)c3C)n2)c1OC. The minimum absolute atomic E-state index is 0.107. The Kier molecular flexibility index (Phi) is 5.69. The average Bonchev–Trinajstić information content (AvgIpc) is 3.46. The van der Waals surface area contributed by atoms with Crippen LogP contribution < -0.4 is 19.1 Å². The van der Waals surface area contributed by atoms with Gasteiger partial charge in [0.25, 0.3) is 5.89 Å². The van der Waals surface area contributed by atoms with Crippen LogP contribution >= 0.6 is 0 Å². The van der Waals surface area contributed by atoms with Gasteiger partial charge in [-0.15, -0.1) is 0 Å². The van der Waals surface area contributed by atoms with Gasteiger partial charge in [-0.3, -0.25) is 0 Å². The Labute approximate surface area is 175 Å². The minimum Gasteiger partial charge on any atom is -0.493 e. The fraction of sp³-hybridized carbons (Fsp3) is 0.429. The normalized spacial score (nSPS) is 13.5. The molecule has 9 heteroatoms. The van der Waals surface area contributed by atoms with E-state index in [1.807, 2.05) is 32.0 Å². The molecule has 1 aliphatic heterocycles. The van der Waals surface area contributed by atoms with Crippen molar-refractivity contribution in [3.05, 3.63) is 35.3 Å². The summed E-state index contributed by atoms with van der Waals surface area (Å²) >= 11 is 0. The molecule has 0 bridgehead atoms. The summed E-state index contributed by atoms with van der Waals surface area (Å²) in [6, 6.07) is 5.50. The van der Waals surface area contributed by atoms with E-state index in [0.29, 0.717) is 40.6 Å². The molecule has 30 heavy (non-hydrogen) atoms. The number of benzene rings is 1. The molecule has 0 N–H and O–H groups in total. The Morgan fingerprint density at radius 2 is 1.83 bits per heavy atom. The number of hydrogen-bond donors (Lipinski definition) is 0. The molecule has 0 spiro atoms. The van der Waals surface area contributed by atoms with Crippen molar-refractivity contribution >= 4 is 5.95 Å². The number of ether oxygens (including phenoxy) is 3. The highest BCUT2D eigenvalue weighted by atomic mass is 16.5. The van der Waals surface area contributed by atoms with Crippen molar-refractivity contribution in [1.29, 1.82) is 0 Å². The molecule has 0 unspecified atom stereocenters. The van der Waals surface area contributed by atoms with E-state index in [4.69, 9.17) is 18.7 Å². The fourth-order valence-electron chi connectivity index (χ4n) is 3.40. The first-order valence-corrected chi connectivity index (χ1v) is 9.87. The van der Waals surface area contributed by atoms with Crippen LogP contribution in [0.2, 0.25) is 0 Å². The van der Waals surface area contributed by atoms with Gasteiger partial charge in [0, 0.05) is 24.3 Å². The van der Waals surface area contributed by atoms with Crippen LogP contribution in [0.5, 0.6) is 17.4 Å². The standard InChI is InChI=1S/C21H25N5O4/c1-13-14(2)22-21(26-10-5-6-11-26)24-20(13)29-12-17-23-19(25-30-17)15-8-7-9-16(27-3)18(15)28-4/h7-9H,5-6,10-12H2,1-4H3. The lowest BCUT2D eigenvalue weighted by atomic mass is 10.1. The molecule has 0 aliphatic carbocycles. The predicted molar refractivity (Wildman–Crippen MR) is 110 cm³/mol. The molecule has 0 amide bonds. The van der Waals surface area contributed by atoms with Crippen molar-refractivity contribution in [2.24, 2.45) is 0 Å². The minimum atomic E-state index is 0.107. The maximum absolute atomic E-state index is 5.92. The zero-order valence-electron chi connectivity index (χ0n) is 17.6. The molecule has 158 valence electrons. The van der Waals surface area contributed by atoms with Gasteiger partial charge >= 0.3 is 0 Å². The molecule has 0 atom stereocenters. The van der Waals surface area contributed by atoms with E-state index < -0.39 is 0 Å². The quantitative estimate of drug-likeness (QED) is 0.580. The van der Waals surface area contributed by atoms with E-state index in [9.17, 15) is 0 Å². The summed E-state index contributed by atoms with van der Waals surface area (Å²) in [6.45, 7) is 5.95. The first-order chi connectivity index (χ1) is 14.6. The van der Waals surface area contributed by atoms with E-state index in [1.54, 1.807) is 14.2 Å². The van der Waals surface area contributed by atoms with E-state index in [-0.39, 0.29) is 6.61 Å². The summed E-state index contributed by atoms with van der Waals surface area (Å²) in [5, 5.41) is 4.06. The average molecular weight is 411 g/mol. The molecule has 1 fully saturated rings. The molecule has 3 heterocycles. The second kappa shape index (κ2) is 8.56. The van der Waals surface area contributed by atoms with Gasteiger partial charge in [0.2, 0.25) is 17.7 Å². The molecule has 9 nitrogen and oxygen atoms in total. The maximum atomic E-state index is 5.92. The molecule has 1 saturated heterocycles. The Morgan fingerprint density at radius 3 is 2.57 bits per heavy atom. The van der Waals surface area contributed by atoms with Crippen LogP contribution in [0.15, 0.2) is 22.7 Å². The van der Waals surface area contributed by atoms with Crippen LogP contribution in [0.25, 0.3) is 11.4 Å². The summed E-state index contributed by atoms with van der Waals surface area (Å²) in [5.74, 6) is 3.12. The van der Waals surface area contributed by atoms with Crippen molar-refractivity contribution < 1.29 is 18.7 Å². The van der Waals surface area contributed by atoms with Gasteiger partial charge in [-0.1, -0.05) is 11.2 Å². The lowest BCUT2D eigenvalue weighted by Gasteiger charge is -2.17. The summed E-state index contributed by atoms with van der Waals surface area (Å²) in [5.41, 5.74) is 2.47. The van der Waals surface area contributed by atoms with Gasteiger partial charge < -0.3 is 23.6 Å². The monoisotopic (exact) mass is 411 g/mol. The molecule has 1 aromatic carbocycles. The molecule has 0 saturated carbocycles. The van der Waals surface area contributed by atoms with E-state index in [0.717, 1.165) is 37.2 Å². The lowest BCUT2D eigenvalue weighted by molar-refractivity contribution is 0.233. The van der Waals surface area contributed by atoms with Crippen molar-refractivity contribution in [3.63, 3.8) is 0 Å². The smallest absolute Gasteiger partial charge is 0.264 e. The predicted octanol–water partition coefficient (Wildman–Crippen LogP) is 3.34. The molecule has 0 radical (unpaired) electrons. The highest BCUT2D eigenvalue weighted by Gasteiger charge is 2.20. The molecule has 1 aliphatic rings. The van der Waals surface area contributed by atoms with Crippen molar-refractivity contribution in [1.82, 2.24) is 20.1 Å². The number of rotatable bonds is 7. The first-order valence-electron chi connectivity index (χ1n) is 9.87. The summed E-state index contributed by atoms with van der Waals surface area (Å²) in [7, 11) is 3.16. The van der Waals surface area contributed by atoms with Crippen LogP contribution in [-0.4, -0.2) is 47.4 Å². The molecular formula is C21H25N5O4. The first kappa shape index (κ1) is 19.9. The van der Waals surface area contributed by atoms with Crippen LogP contribution in [0.3, 0.4) is 0 Å². The largest absolute Gasteiger partial charge is 0.493 e. The molecular weight excluding hydrogens is 386 g/mol. The zero-order valence-corrected chi connectivity index (χ0v) is 17.6. The van der Waals surface area contributed by atoms with Crippen LogP contribution in [0.4, 0.5) is 5.95 Å². The number of anilines is 1. The third-order valence-corrected chi connectivity index (χ3v) is 5.17. The zero-order chi connectivity index (χ0) is 21.1. The third kappa shape index (κ3) is 3.87. The molecule has 4 rings (SSSR count). The number of methoxy groups -OCH3 is 2. The van der Waals surface area contributed by atoms with Gasteiger partial charge in [-0.2, -0.15) is 9.97 Å². The van der Waals surface area contributed by atoms with Crippen LogP contribution in [0, 0.1) is 13.8 Å². The number of nitrogens with zero attached hydrogens (tertiary/aromatic N) is 5. The van der Waals surface area contributed by atoms with Gasteiger partial charge in [-0.25, -0.2) is 4.98 Å². The highest BCUT2D eigenvalue weighted by molar-refractivity contribution is 5.68. The number of para-hydroxylation sites is 1. The van der Waals surface area contributed by atoms with Gasteiger partial charge in [-0.05, 0) is 38.8 Å². The summed E-state index contributed by atoms with van der Waals surface area (Å²) in [6.07, 6.45) is 2.32. The fourth-order valence-corrected chi connectivity index (χ4v) is 3.40. The second-order valence-corrected chi connectivity index (χ2v) is 7.07. The number of aryl methyl sites for hydroxylation is 1. The Hall–Kier alpha value is -3.36. The highest BCUT2D eigenvalue weighted by Crippen LogP contribution is 2.36. The van der Waals surface area contributed by atoms with Gasteiger partial charge in [0.1, 0.15) is 0 Å². The molecule has 3 aromatic rings. The Morgan fingerprint density at radius 1 is 1.03 bits per heavy atom. The number of hydrogen-bond acceptors (Lipinski definition) is 9. The van der Waals surface area contributed by atoms with E-state index in [2.05, 4.69) is 25.0 Å². The van der Waals surface area contributed by atoms with E-state index in [1.165, 1.54) is 0 Å². The summed E-state index contributed by atoms with van der Waals surface area (Å²) < 4.78 is 22.1. The molecule has 2 aromatic heterocycles. The number of aromatic nitrogens is 4. The van der Waals surface area contributed by atoms with Gasteiger partial charge in [0.15, 0.2) is 18.1 Å². The van der Waals surface area contributed by atoms with E-state index >= 15 is 0 Å². The summed E-state index contributed by atoms with van der Waals surface area (Å²) in [4.78, 5) is 15.8. The second-order valence-electron chi connectivity index (χ2n) is 7.07. The van der Waals surface area contributed by atoms with Crippen molar-refractivity contribution in [2.75, 3.05) is 32.2 Å². The van der Waals surface area contributed by atoms with Crippen LogP contribution in [0.1, 0.15) is 30.0 Å². The maximum Gasteiger partial charge on any atom is 0.264 e. The third-order valence-electron chi connectivity index (χ3n) is 5.17. The van der Waals surface area contributed by atoms with Crippen molar-refractivity contribution in [2.45, 2.75) is 33.3 Å². The Balaban J connectivity index is 1.53. The Bertz CT molecular complexity index is 1030. The van der Waals surface area contributed by atoms with Gasteiger partial charge in [0.05, 0.1) is 19.8 Å². The van der Waals surface area contributed by atoms with Crippen LogP contribution in [-0.2, 0) is 6.61 Å². The van der Waals surface area contributed by atoms with Crippen molar-refractivity contribution in [3.8, 4) is 28.8 Å². The lowest BCUT2D eigenvalue weighted by Crippen LogP contribution is -2.21. The topological polar surface area (TPSA) is 95.6 Å².